The van der Waals surface area contributed by atoms with Crippen LogP contribution in [0.3, 0.4) is 0 Å². The lowest BCUT2D eigenvalue weighted by atomic mass is 9.99. The number of carbonyl (C=O) groups excluding carboxylic acids is 2. The fourth-order valence-corrected chi connectivity index (χ4v) is 3.21. The monoisotopic (exact) mass is 419 g/mol. The number of Topliss-reactive ketones (excluding diaryl/α,β-unsaturated/α-hetero) is 1. The zero-order valence-electron chi connectivity index (χ0n) is 17.5. The smallest absolute Gasteiger partial charge is 0.407 e. The molecule has 1 amide bonds. The number of methoxy groups -OCH3 is 1. The summed E-state index contributed by atoms with van der Waals surface area (Å²) in [6.07, 6.45) is 1.18. The molecule has 170 valence electrons. The van der Waals surface area contributed by atoms with Gasteiger partial charge in [-0.1, -0.05) is 32.6 Å². The molecule has 1 saturated heterocycles. The van der Waals surface area contributed by atoms with E-state index in [0.717, 1.165) is 12.8 Å². The van der Waals surface area contributed by atoms with Crippen molar-refractivity contribution in [2.24, 2.45) is 0 Å². The van der Waals surface area contributed by atoms with Crippen LogP contribution in [0.4, 0.5) is 4.79 Å². The molecule has 0 bridgehead atoms. The van der Waals surface area contributed by atoms with Crippen LogP contribution in [0, 0.1) is 0 Å². The average Bonchev–Trinajstić information content (AvgIpc) is 2.69. The number of nitrogens with one attached hydrogen (secondary N) is 1. The maximum absolute atomic E-state index is 11.8. The van der Waals surface area contributed by atoms with Crippen LogP contribution in [0.25, 0.3) is 0 Å². The molecule has 0 spiro atoms. The lowest BCUT2D eigenvalue weighted by Crippen LogP contribution is -2.59. The molecular weight excluding hydrogens is 382 g/mol. The van der Waals surface area contributed by atoms with Crippen molar-refractivity contribution in [3.05, 3.63) is 0 Å². The van der Waals surface area contributed by atoms with E-state index in [1.807, 2.05) is 0 Å². The van der Waals surface area contributed by atoms with E-state index in [0.29, 0.717) is 32.2 Å². The SMILES string of the molecule is CCCCCCCC(=O)CCCCNC(=O)OC[C@H]1O[C@H](O)[C@H](OC)[C@@H](O)[C@@H]1O. The number of carbonyl (C=O) groups is 2. The van der Waals surface area contributed by atoms with Gasteiger partial charge in [0.15, 0.2) is 6.29 Å². The first kappa shape index (κ1) is 25.8. The highest BCUT2D eigenvalue weighted by Gasteiger charge is 2.44. The van der Waals surface area contributed by atoms with Crippen LogP contribution in [0.15, 0.2) is 0 Å². The topological polar surface area (TPSA) is 135 Å². The van der Waals surface area contributed by atoms with Gasteiger partial charge in [-0.3, -0.25) is 4.79 Å². The summed E-state index contributed by atoms with van der Waals surface area (Å²) in [6, 6.07) is 0. The Bertz CT molecular complexity index is 475. The molecule has 0 saturated carbocycles. The summed E-state index contributed by atoms with van der Waals surface area (Å²) in [7, 11) is 1.28. The Balaban J connectivity index is 2.09. The van der Waals surface area contributed by atoms with Crippen molar-refractivity contribution >= 4 is 11.9 Å². The summed E-state index contributed by atoms with van der Waals surface area (Å²) in [4.78, 5) is 23.5. The molecule has 0 aliphatic carbocycles. The number of ether oxygens (including phenoxy) is 3. The van der Waals surface area contributed by atoms with Crippen LogP contribution in [-0.4, -0.2) is 78.2 Å². The van der Waals surface area contributed by atoms with E-state index in [2.05, 4.69) is 12.2 Å². The summed E-state index contributed by atoms with van der Waals surface area (Å²) in [5.41, 5.74) is 0. The molecule has 0 aromatic rings. The number of alkyl carbamates (subject to hydrolysis) is 1. The van der Waals surface area contributed by atoms with Gasteiger partial charge in [-0.15, -0.1) is 0 Å². The van der Waals surface area contributed by atoms with Crippen LogP contribution in [-0.2, 0) is 19.0 Å². The zero-order valence-corrected chi connectivity index (χ0v) is 17.5. The Kier molecular flexibility index (Phi) is 13.0. The third-order valence-corrected chi connectivity index (χ3v) is 5.02. The summed E-state index contributed by atoms with van der Waals surface area (Å²) >= 11 is 0. The molecule has 0 radical (unpaired) electrons. The Hall–Kier alpha value is -1.26. The molecular formula is C20H37NO8. The van der Waals surface area contributed by atoms with Gasteiger partial charge >= 0.3 is 6.09 Å². The second-order valence-corrected chi connectivity index (χ2v) is 7.43. The number of rotatable bonds is 14. The van der Waals surface area contributed by atoms with Gasteiger partial charge < -0.3 is 34.8 Å². The van der Waals surface area contributed by atoms with Gasteiger partial charge in [0.05, 0.1) is 0 Å². The Labute approximate surface area is 172 Å². The molecule has 1 heterocycles. The number of aliphatic hydroxyl groups is 3. The number of amides is 1. The van der Waals surface area contributed by atoms with Crippen LogP contribution in [0.1, 0.15) is 64.7 Å². The molecule has 1 fully saturated rings. The molecule has 4 N–H and O–H groups in total. The Morgan fingerprint density at radius 3 is 2.28 bits per heavy atom. The predicted molar refractivity (Wildman–Crippen MR) is 105 cm³/mol. The van der Waals surface area contributed by atoms with E-state index >= 15 is 0 Å². The number of aliphatic hydroxyl groups excluding tert-OH is 3. The normalized spacial score (nSPS) is 26.9. The zero-order chi connectivity index (χ0) is 21.6. The van der Waals surface area contributed by atoms with Crippen molar-refractivity contribution in [2.75, 3.05) is 20.3 Å². The molecule has 9 heteroatoms. The first-order chi connectivity index (χ1) is 13.9. The van der Waals surface area contributed by atoms with Crippen LogP contribution >= 0.6 is 0 Å². The minimum Gasteiger partial charge on any atom is -0.447 e. The third kappa shape index (κ3) is 9.86. The van der Waals surface area contributed by atoms with E-state index in [9.17, 15) is 24.9 Å². The standard InChI is InChI=1S/C20H37NO8/c1-3-4-5-6-7-10-14(22)11-8-9-12-21-20(26)28-13-15-16(23)17(24)18(27-2)19(25)29-15/h15-19,23-25H,3-13H2,1-2H3,(H,21,26)/t15-,16-,17+,18-,19+/m1/s1. The first-order valence-electron chi connectivity index (χ1n) is 10.6. The van der Waals surface area contributed by atoms with Crippen molar-refractivity contribution in [1.82, 2.24) is 5.32 Å². The lowest BCUT2D eigenvalue weighted by molar-refractivity contribution is -0.291. The second kappa shape index (κ2) is 14.7. The van der Waals surface area contributed by atoms with Crippen LogP contribution < -0.4 is 5.32 Å². The second-order valence-electron chi connectivity index (χ2n) is 7.43. The average molecular weight is 420 g/mol. The molecule has 0 unspecified atom stereocenters. The van der Waals surface area contributed by atoms with Gasteiger partial charge in [0.25, 0.3) is 0 Å². The number of hydrogen-bond donors (Lipinski definition) is 4. The van der Waals surface area contributed by atoms with Crippen molar-refractivity contribution < 1.29 is 39.1 Å². The van der Waals surface area contributed by atoms with Crippen molar-refractivity contribution in [2.45, 2.75) is 95.4 Å². The number of hydrogen-bond acceptors (Lipinski definition) is 8. The van der Waals surface area contributed by atoms with Crippen LogP contribution in [0.2, 0.25) is 0 Å². The maximum Gasteiger partial charge on any atom is 0.407 e. The molecule has 0 aromatic heterocycles. The molecule has 1 aliphatic heterocycles. The highest BCUT2D eigenvalue weighted by Crippen LogP contribution is 2.22. The first-order valence-corrected chi connectivity index (χ1v) is 10.6. The van der Waals surface area contributed by atoms with E-state index in [1.54, 1.807) is 0 Å². The van der Waals surface area contributed by atoms with Gasteiger partial charge in [0.1, 0.15) is 36.8 Å². The minimum absolute atomic E-state index is 0.263. The predicted octanol–water partition coefficient (Wildman–Crippen LogP) is 1.27. The van der Waals surface area contributed by atoms with Crippen LogP contribution in [0.5, 0.6) is 0 Å². The Morgan fingerprint density at radius 1 is 0.966 bits per heavy atom. The Morgan fingerprint density at radius 2 is 1.62 bits per heavy atom. The van der Waals surface area contributed by atoms with E-state index < -0.39 is 36.8 Å². The maximum atomic E-state index is 11.8. The summed E-state index contributed by atoms with van der Waals surface area (Å²) in [6.45, 7) is 2.20. The van der Waals surface area contributed by atoms with Gasteiger partial charge in [-0.25, -0.2) is 4.79 Å². The summed E-state index contributed by atoms with van der Waals surface area (Å²) in [5, 5.41) is 32.1. The largest absolute Gasteiger partial charge is 0.447 e. The van der Waals surface area contributed by atoms with Crippen molar-refractivity contribution in [1.29, 1.82) is 0 Å². The molecule has 5 atom stereocenters. The van der Waals surface area contributed by atoms with Crippen molar-refractivity contribution in [3.63, 3.8) is 0 Å². The van der Waals surface area contributed by atoms with Gasteiger partial charge in [-0.2, -0.15) is 0 Å². The van der Waals surface area contributed by atoms with Gasteiger partial charge in [0.2, 0.25) is 0 Å². The number of ketones is 1. The molecule has 29 heavy (non-hydrogen) atoms. The van der Waals surface area contributed by atoms with E-state index in [4.69, 9.17) is 14.2 Å². The highest BCUT2D eigenvalue weighted by molar-refractivity contribution is 5.78. The molecule has 0 aromatic carbocycles. The third-order valence-electron chi connectivity index (χ3n) is 5.02. The number of unbranched alkanes of at least 4 members (excludes halogenated alkanes) is 5. The minimum atomic E-state index is -1.43. The fraction of sp³-hybridized carbons (Fsp3) is 0.900. The molecule has 1 aliphatic rings. The molecule has 1 rings (SSSR count). The quantitative estimate of drug-likeness (QED) is 0.309. The van der Waals surface area contributed by atoms with Crippen molar-refractivity contribution in [3.8, 4) is 0 Å². The van der Waals surface area contributed by atoms with Gasteiger partial charge in [0, 0.05) is 26.5 Å². The van der Waals surface area contributed by atoms with Gasteiger partial charge in [-0.05, 0) is 19.3 Å². The molecule has 9 nitrogen and oxygen atoms in total. The lowest BCUT2D eigenvalue weighted by Gasteiger charge is -2.39. The summed E-state index contributed by atoms with van der Waals surface area (Å²) < 4.78 is 15.0. The van der Waals surface area contributed by atoms with E-state index in [-0.39, 0.29) is 12.4 Å². The van der Waals surface area contributed by atoms with E-state index in [1.165, 1.54) is 26.4 Å². The summed E-state index contributed by atoms with van der Waals surface area (Å²) in [5.74, 6) is 0.263. The highest BCUT2D eigenvalue weighted by atomic mass is 16.7. The fourth-order valence-electron chi connectivity index (χ4n) is 3.21.